The summed E-state index contributed by atoms with van der Waals surface area (Å²) >= 11 is 6.16. The number of hydrogen-bond donors (Lipinski definition) is 3. The Morgan fingerprint density at radius 3 is 2.78 bits per heavy atom. The molecule has 0 unspecified atom stereocenters. The highest BCUT2D eigenvalue weighted by Gasteiger charge is 2.12. The van der Waals surface area contributed by atoms with Crippen LogP contribution < -0.4 is 15.4 Å². The van der Waals surface area contributed by atoms with E-state index in [0.717, 1.165) is 11.3 Å². The Labute approximate surface area is 161 Å². The van der Waals surface area contributed by atoms with Gasteiger partial charge in [-0.2, -0.15) is 10.1 Å². The molecule has 0 amide bonds. The molecule has 0 saturated heterocycles. The summed E-state index contributed by atoms with van der Waals surface area (Å²) < 4.78 is 27.8. The molecular weight excluding hydrogens is 390 g/mol. The van der Waals surface area contributed by atoms with Crippen molar-refractivity contribution in [3.63, 3.8) is 0 Å². The first-order valence-corrected chi connectivity index (χ1v) is 9.78. The summed E-state index contributed by atoms with van der Waals surface area (Å²) in [5.74, 6) is 0.793. The monoisotopic (exact) mass is 407 g/mol. The fraction of sp³-hybridized carbons (Fsp3) is 0.188. The van der Waals surface area contributed by atoms with E-state index in [1.54, 1.807) is 29.2 Å². The number of halogens is 1. The van der Waals surface area contributed by atoms with Crippen LogP contribution in [0.1, 0.15) is 5.56 Å². The van der Waals surface area contributed by atoms with E-state index in [4.69, 9.17) is 11.6 Å². The van der Waals surface area contributed by atoms with E-state index < -0.39 is 10.0 Å². The zero-order valence-corrected chi connectivity index (χ0v) is 16.2. The molecular formula is C16H18ClN7O2S. The summed E-state index contributed by atoms with van der Waals surface area (Å²) in [5.41, 5.74) is 1.51. The third kappa shape index (κ3) is 4.73. The molecule has 0 bridgehead atoms. The molecule has 0 aliphatic heterocycles. The molecule has 2 heterocycles. The summed E-state index contributed by atoms with van der Waals surface area (Å²) in [7, 11) is -0.317. The second-order valence-electron chi connectivity index (χ2n) is 5.63. The van der Waals surface area contributed by atoms with Gasteiger partial charge < -0.3 is 10.6 Å². The van der Waals surface area contributed by atoms with Crippen LogP contribution in [0.5, 0.6) is 0 Å². The minimum absolute atomic E-state index is 0.192. The van der Waals surface area contributed by atoms with E-state index in [9.17, 15) is 8.42 Å². The zero-order chi connectivity index (χ0) is 19.4. The quantitative estimate of drug-likeness (QED) is 0.549. The highest BCUT2D eigenvalue weighted by Crippen LogP contribution is 2.22. The molecule has 0 saturated carbocycles. The smallest absolute Gasteiger partial charge is 0.240 e. The fourth-order valence-corrected chi connectivity index (χ4v) is 3.25. The molecule has 3 aromatic rings. The summed E-state index contributed by atoms with van der Waals surface area (Å²) in [6, 6.07) is 6.61. The number of anilines is 3. The van der Waals surface area contributed by atoms with Gasteiger partial charge in [0.05, 0.1) is 23.0 Å². The molecule has 9 nitrogen and oxygen atoms in total. The van der Waals surface area contributed by atoms with Gasteiger partial charge in [0, 0.05) is 19.8 Å². The van der Waals surface area contributed by atoms with Gasteiger partial charge in [-0.25, -0.2) is 18.1 Å². The molecule has 27 heavy (non-hydrogen) atoms. The summed E-state index contributed by atoms with van der Waals surface area (Å²) in [5, 5.41) is 10.6. The molecule has 0 aliphatic carbocycles. The number of aryl methyl sites for hydroxylation is 1. The maximum atomic E-state index is 11.9. The lowest BCUT2D eigenvalue weighted by atomic mass is 10.2. The molecule has 142 valence electrons. The second-order valence-corrected chi connectivity index (χ2v) is 7.92. The van der Waals surface area contributed by atoms with Crippen LogP contribution in [0, 0.1) is 0 Å². The van der Waals surface area contributed by atoms with Crippen molar-refractivity contribution >= 4 is 39.1 Å². The fourth-order valence-electron chi connectivity index (χ4n) is 2.29. The summed E-state index contributed by atoms with van der Waals surface area (Å²) in [4.78, 5) is 8.68. The third-order valence-corrected chi connectivity index (χ3v) is 5.33. The molecule has 11 heteroatoms. The van der Waals surface area contributed by atoms with Crippen molar-refractivity contribution in [3.8, 4) is 0 Å². The number of aromatic nitrogens is 4. The SMILES string of the molecule is CNS(=O)(=O)c1cccc(CNc2nc(Nc3cnn(C)c3)ncc2Cl)c1. The van der Waals surface area contributed by atoms with Gasteiger partial charge in [-0.05, 0) is 24.7 Å². The van der Waals surface area contributed by atoms with Gasteiger partial charge in [0.15, 0.2) is 5.82 Å². The predicted octanol–water partition coefficient (Wildman–Crippen LogP) is 2.13. The number of sulfonamides is 1. The van der Waals surface area contributed by atoms with Crippen LogP contribution in [-0.4, -0.2) is 35.2 Å². The van der Waals surface area contributed by atoms with Gasteiger partial charge in [-0.1, -0.05) is 23.7 Å². The van der Waals surface area contributed by atoms with Crippen LogP contribution in [0.15, 0.2) is 47.8 Å². The van der Waals surface area contributed by atoms with Crippen LogP contribution in [0.25, 0.3) is 0 Å². The van der Waals surface area contributed by atoms with Gasteiger partial charge in [0.1, 0.15) is 5.02 Å². The standard InChI is InChI=1S/C16H18ClN7O2S/c1-18-27(25,26)13-5-3-4-11(6-13)7-19-15-14(17)9-20-16(23-15)22-12-8-21-24(2)10-12/h3-6,8-10,18H,7H2,1-2H3,(H2,19,20,22,23). The summed E-state index contributed by atoms with van der Waals surface area (Å²) in [6.45, 7) is 0.343. The van der Waals surface area contributed by atoms with Gasteiger partial charge in [0.2, 0.25) is 16.0 Å². The molecule has 1 aromatic carbocycles. The largest absolute Gasteiger partial charge is 0.365 e. The average Bonchev–Trinajstić information content (AvgIpc) is 3.07. The summed E-state index contributed by atoms with van der Waals surface area (Å²) in [6.07, 6.45) is 4.93. The number of hydrogen-bond acceptors (Lipinski definition) is 7. The van der Waals surface area contributed by atoms with Crippen molar-refractivity contribution in [1.29, 1.82) is 0 Å². The number of rotatable bonds is 7. The topological polar surface area (TPSA) is 114 Å². The van der Waals surface area contributed by atoms with E-state index in [1.807, 2.05) is 13.1 Å². The maximum absolute atomic E-state index is 11.9. The third-order valence-electron chi connectivity index (χ3n) is 3.64. The van der Waals surface area contributed by atoms with Crippen molar-refractivity contribution in [2.24, 2.45) is 7.05 Å². The molecule has 3 rings (SSSR count). The molecule has 0 aliphatic rings. The first kappa shape index (κ1) is 19.1. The first-order valence-electron chi connectivity index (χ1n) is 7.92. The van der Waals surface area contributed by atoms with Crippen LogP contribution >= 0.6 is 11.6 Å². The lowest BCUT2D eigenvalue weighted by Crippen LogP contribution is -2.18. The minimum atomic E-state index is -3.50. The lowest BCUT2D eigenvalue weighted by Gasteiger charge is -2.10. The normalized spacial score (nSPS) is 11.4. The zero-order valence-electron chi connectivity index (χ0n) is 14.6. The Morgan fingerprint density at radius 1 is 1.26 bits per heavy atom. The first-order chi connectivity index (χ1) is 12.9. The van der Waals surface area contributed by atoms with E-state index in [1.165, 1.54) is 19.3 Å². The van der Waals surface area contributed by atoms with Crippen molar-refractivity contribution in [1.82, 2.24) is 24.5 Å². The molecule has 0 radical (unpaired) electrons. The van der Waals surface area contributed by atoms with Crippen molar-refractivity contribution < 1.29 is 8.42 Å². The Kier molecular flexibility index (Phi) is 5.59. The molecule has 0 spiro atoms. The van der Waals surface area contributed by atoms with Crippen LogP contribution in [0.3, 0.4) is 0 Å². The predicted molar refractivity (Wildman–Crippen MR) is 104 cm³/mol. The second kappa shape index (κ2) is 7.91. The minimum Gasteiger partial charge on any atom is -0.365 e. The van der Waals surface area contributed by atoms with E-state index in [2.05, 4.69) is 30.4 Å². The lowest BCUT2D eigenvalue weighted by molar-refractivity contribution is 0.588. The van der Waals surface area contributed by atoms with E-state index in [0.29, 0.717) is 23.3 Å². The van der Waals surface area contributed by atoms with Crippen LogP contribution in [0.4, 0.5) is 17.5 Å². The van der Waals surface area contributed by atoms with Crippen molar-refractivity contribution in [2.75, 3.05) is 17.7 Å². The van der Waals surface area contributed by atoms with E-state index in [-0.39, 0.29) is 4.90 Å². The highest BCUT2D eigenvalue weighted by molar-refractivity contribution is 7.89. The Balaban J connectivity index is 1.74. The maximum Gasteiger partial charge on any atom is 0.240 e. The molecule has 3 N–H and O–H groups in total. The van der Waals surface area contributed by atoms with Gasteiger partial charge in [-0.3, -0.25) is 4.68 Å². The molecule has 0 atom stereocenters. The highest BCUT2D eigenvalue weighted by atomic mass is 35.5. The Bertz CT molecular complexity index is 1050. The van der Waals surface area contributed by atoms with Gasteiger partial charge in [-0.15, -0.1) is 0 Å². The Morgan fingerprint density at radius 2 is 2.07 bits per heavy atom. The number of nitrogens with zero attached hydrogens (tertiary/aromatic N) is 4. The van der Waals surface area contributed by atoms with Crippen LogP contribution in [0.2, 0.25) is 5.02 Å². The molecule has 2 aromatic heterocycles. The van der Waals surface area contributed by atoms with Gasteiger partial charge >= 0.3 is 0 Å². The molecule has 0 fully saturated rings. The number of nitrogens with one attached hydrogen (secondary N) is 3. The Hall–Kier alpha value is -2.69. The van der Waals surface area contributed by atoms with Crippen LogP contribution in [-0.2, 0) is 23.6 Å². The van der Waals surface area contributed by atoms with Crippen molar-refractivity contribution in [2.45, 2.75) is 11.4 Å². The van der Waals surface area contributed by atoms with Crippen molar-refractivity contribution in [3.05, 3.63) is 53.4 Å². The average molecular weight is 408 g/mol. The number of benzene rings is 1. The van der Waals surface area contributed by atoms with E-state index >= 15 is 0 Å². The van der Waals surface area contributed by atoms with Gasteiger partial charge in [0.25, 0.3) is 0 Å².